The Bertz CT molecular complexity index is 372. The van der Waals surface area contributed by atoms with E-state index in [1.807, 2.05) is 6.92 Å². The number of rotatable bonds is 7. The fraction of sp³-hybridized carbons (Fsp3) is 1.00. The highest BCUT2D eigenvalue weighted by molar-refractivity contribution is 7.89. The summed E-state index contributed by atoms with van der Waals surface area (Å²) in [6.07, 6.45) is 5.99. The van der Waals surface area contributed by atoms with Crippen molar-refractivity contribution in [3.8, 4) is 0 Å². The highest BCUT2D eigenvalue weighted by Crippen LogP contribution is 2.24. The lowest BCUT2D eigenvalue weighted by molar-refractivity contribution is 0.139. The maximum Gasteiger partial charge on any atom is 0.214 e. The van der Waals surface area contributed by atoms with Crippen molar-refractivity contribution in [3.05, 3.63) is 0 Å². The normalized spacial score (nSPS) is 23.4. The largest absolute Gasteiger partial charge is 0.317 e. The molecule has 1 N–H and O–H groups in total. The van der Waals surface area contributed by atoms with Crippen LogP contribution in [0.3, 0.4) is 0 Å². The maximum atomic E-state index is 12.3. The van der Waals surface area contributed by atoms with Crippen LogP contribution in [0.15, 0.2) is 0 Å². The molecule has 0 aromatic carbocycles. The fourth-order valence-electron chi connectivity index (χ4n) is 3.30. The van der Waals surface area contributed by atoms with Gasteiger partial charge in [-0.2, -0.15) is 4.31 Å². The smallest absolute Gasteiger partial charge is 0.214 e. The third kappa shape index (κ3) is 4.41. The summed E-state index contributed by atoms with van der Waals surface area (Å²) in [6, 6.07) is 0.716. The van der Waals surface area contributed by atoms with Crippen LogP contribution in [0.5, 0.6) is 0 Å². The number of piperazine rings is 1. The predicted octanol–water partition coefficient (Wildman–Crippen LogP) is 0.876. The average molecular weight is 303 g/mol. The summed E-state index contributed by atoms with van der Waals surface area (Å²) in [5, 5.41) is 3.18. The SMILES string of the molecule is CCNCCCS(=O)(=O)N1CCN(C2CCCC2)CC1. The van der Waals surface area contributed by atoms with Gasteiger partial charge in [-0.15, -0.1) is 0 Å². The molecule has 0 bridgehead atoms. The molecular formula is C14H29N3O2S. The molecule has 1 saturated carbocycles. The Morgan fingerprint density at radius 3 is 2.35 bits per heavy atom. The van der Waals surface area contributed by atoms with E-state index in [0.717, 1.165) is 26.2 Å². The molecule has 0 aromatic rings. The number of hydrogen-bond acceptors (Lipinski definition) is 4. The fourth-order valence-corrected chi connectivity index (χ4v) is 4.79. The van der Waals surface area contributed by atoms with Gasteiger partial charge in [-0.3, -0.25) is 4.90 Å². The third-order valence-corrected chi connectivity index (χ3v) is 6.47. The van der Waals surface area contributed by atoms with Gasteiger partial charge in [0.05, 0.1) is 5.75 Å². The Balaban J connectivity index is 1.74. The van der Waals surface area contributed by atoms with Crippen LogP contribution in [0.1, 0.15) is 39.0 Å². The van der Waals surface area contributed by atoms with Gasteiger partial charge in [0.1, 0.15) is 0 Å². The van der Waals surface area contributed by atoms with E-state index in [1.54, 1.807) is 4.31 Å². The van der Waals surface area contributed by atoms with E-state index >= 15 is 0 Å². The molecule has 118 valence electrons. The molecular weight excluding hydrogens is 274 g/mol. The molecule has 2 aliphatic rings. The van der Waals surface area contributed by atoms with E-state index in [2.05, 4.69) is 10.2 Å². The summed E-state index contributed by atoms with van der Waals surface area (Å²) in [7, 11) is -3.04. The second-order valence-electron chi connectivity index (χ2n) is 5.90. The minimum Gasteiger partial charge on any atom is -0.317 e. The summed E-state index contributed by atoms with van der Waals surface area (Å²) in [5.41, 5.74) is 0. The highest BCUT2D eigenvalue weighted by atomic mass is 32.2. The lowest BCUT2D eigenvalue weighted by Crippen LogP contribution is -2.51. The second-order valence-corrected chi connectivity index (χ2v) is 7.98. The van der Waals surface area contributed by atoms with Crippen molar-refractivity contribution < 1.29 is 8.42 Å². The molecule has 1 heterocycles. The van der Waals surface area contributed by atoms with E-state index in [0.29, 0.717) is 25.6 Å². The molecule has 1 aliphatic carbocycles. The van der Waals surface area contributed by atoms with E-state index in [1.165, 1.54) is 25.7 Å². The number of hydrogen-bond donors (Lipinski definition) is 1. The van der Waals surface area contributed by atoms with Gasteiger partial charge in [-0.1, -0.05) is 19.8 Å². The van der Waals surface area contributed by atoms with Crippen molar-refractivity contribution in [1.29, 1.82) is 0 Å². The van der Waals surface area contributed by atoms with Crippen LogP contribution in [-0.4, -0.2) is 68.7 Å². The van der Waals surface area contributed by atoms with Crippen molar-refractivity contribution >= 4 is 10.0 Å². The second kappa shape index (κ2) is 7.73. The monoisotopic (exact) mass is 303 g/mol. The van der Waals surface area contributed by atoms with Crippen molar-refractivity contribution in [3.63, 3.8) is 0 Å². The van der Waals surface area contributed by atoms with Crippen molar-refractivity contribution in [2.75, 3.05) is 45.0 Å². The summed E-state index contributed by atoms with van der Waals surface area (Å²) < 4.78 is 26.2. The zero-order valence-corrected chi connectivity index (χ0v) is 13.5. The van der Waals surface area contributed by atoms with E-state index in [4.69, 9.17) is 0 Å². The molecule has 0 amide bonds. The average Bonchev–Trinajstić information content (AvgIpc) is 2.98. The number of nitrogens with zero attached hydrogens (tertiary/aromatic N) is 2. The number of nitrogens with one attached hydrogen (secondary N) is 1. The van der Waals surface area contributed by atoms with Crippen LogP contribution in [0.4, 0.5) is 0 Å². The first-order valence-corrected chi connectivity index (χ1v) is 9.67. The summed E-state index contributed by atoms with van der Waals surface area (Å²) in [6.45, 7) is 6.92. The molecule has 0 radical (unpaired) electrons. The van der Waals surface area contributed by atoms with Crippen LogP contribution in [0, 0.1) is 0 Å². The minimum absolute atomic E-state index is 0.281. The molecule has 6 heteroatoms. The van der Waals surface area contributed by atoms with Crippen LogP contribution in [0.25, 0.3) is 0 Å². The minimum atomic E-state index is -3.04. The maximum absolute atomic E-state index is 12.3. The first-order chi connectivity index (χ1) is 9.63. The van der Waals surface area contributed by atoms with Gasteiger partial charge in [0.2, 0.25) is 10.0 Å². The molecule has 2 fully saturated rings. The van der Waals surface area contributed by atoms with Gasteiger partial charge in [0, 0.05) is 32.2 Å². The lowest BCUT2D eigenvalue weighted by Gasteiger charge is -2.37. The van der Waals surface area contributed by atoms with Crippen LogP contribution >= 0.6 is 0 Å². The summed E-state index contributed by atoms with van der Waals surface area (Å²) >= 11 is 0. The van der Waals surface area contributed by atoms with Crippen molar-refractivity contribution in [2.45, 2.75) is 45.1 Å². The standard InChI is InChI=1S/C14H29N3O2S/c1-2-15-8-5-13-20(18,19)17-11-9-16(10-12-17)14-6-3-4-7-14/h14-15H,2-13H2,1H3. The Morgan fingerprint density at radius 2 is 1.75 bits per heavy atom. The quantitative estimate of drug-likeness (QED) is 0.709. The van der Waals surface area contributed by atoms with Gasteiger partial charge in [-0.05, 0) is 32.4 Å². The van der Waals surface area contributed by atoms with Crippen molar-refractivity contribution in [1.82, 2.24) is 14.5 Å². The van der Waals surface area contributed by atoms with Gasteiger partial charge >= 0.3 is 0 Å². The van der Waals surface area contributed by atoms with E-state index in [-0.39, 0.29) is 5.75 Å². The van der Waals surface area contributed by atoms with Gasteiger partial charge in [-0.25, -0.2) is 8.42 Å². The molecule has 0 atom stereocenters. The van der Waals surface area contributed by atoms with Crippen molar-refractivity contribution in [2.24, 2.45) is 0 Å². The van der Waals surface area contributed by atoms with Gasteiger partial charge in [0.15, 0.2) is 0 Å². The van der Waals surface area contributed by atoms with Crippen LogP contribution < -0.4 is 5.32 Å². The molecule has 20 heavy (non-hydrogen) atoms. The number of sulfonamides is 1. The van der Waals surface area contributed by atoms with Gasteiger partial charge in [0.25, 0.3) is 0 Å². The van der Waals surface area contributed by atoms with E-state index in [9.17, 15) is 8.42 Å². The topological polar surface area (TPSA) is 52.7 Å². The molecule has 1 saturated heterocycles. The first-order valence-electron chi connectivity index (χ1n) is 8.06. The Hall–Kier alpha value is -0.170. The Labute approximate surface area is 123 Å². The predicted molar refractivity (Wildman–Crippen MR) is 82.3 cm³/mol. The lowest BCUT2D eigenvalue weighted by atomic mass is 10.2. The van der Waals surface area contributed by atoms with E-state index < -0.39 is 10.0 Å². The molecule has 2 rings (SSSR count). The van der Waals surface area contributed by atoms with Crippen LogP contribution in [0.2, 0.25) is 0 Å². The molecule has 0 aromatic heterocycles. The Kier molecular flexibility index (Phi) is 6.26. The zero-order valence-electron chi connectivity index (χ0n) is 12.7. The molecule has 1 aliphatic heterocycles. The van der Waals surface area contributed by atoms with Crippen LogP contribution in [-0.2, 0) is 10.0 Å². The molecule has 0 unspecified atom stereocenters. The Morgan fingerprint density at radius 1 is 1.10 bits per heavy atom. The molecule has 0 spiro atoms. The zero-order chi connectivity index (χ0) is 14.4. The first kappa shape index (κ1) is 16.2. The summed E-state index contributed by atoms with van der Waals surface area (Å²) in [4.78, 5) is 2.50. The molecule has 5 nitrogen and oxygen atoms in total. The summed E-state index contributed by atoms with van der Waals surface area (Å²) in [5.74, 6) is 0.281. The highest BCUT2D eigenvalue weighted by Gasteiger charge is 2.30. The third-order valence-electron chi connectivity index (χ3n) is 4.51. The van der Waals surface area contributed by atoms with Gasteiger partial charge < -0.3 is 5.32 Å².